The van der Waals surface area contributed by atoms with Crippen LogP contribution < -0.4 is 11.1 Å². The number of carbonyl (C=O) groups is 3. The summed E-state index contributed by atoms with van der Waals surface area (Å²) in [5.41, 5.74) is 3.75. The summed E-state index contributed by atoms with van der Waals surface area (Å²) in [5.74, 6) is -2.43. The second-order valence-corrected chi connectivity index (χ2v) is 5.05. The maximum atomic E-state index is 12.7. The van der Waals surface area contributed by atoms with Gasteiger partial charge >= 0.3 is 5.97 Å². The van der Waals surface area contributed by atoms with E-state index in [0.717, 1.165) is 0 Å². The number of hydrogen-bond acceptors (Lipinski definition) is 4. The third-order valence-corrected chi connectivity index (χ3v) is 3.47. The molecule has 0 saturated carbocycles. The van der Waals surface area contributed by atoms with Gasteiger partial charge in [0.2, 0.25) is 11.4 Å². The minimum Gasteiger partial charge on any atom is -0.479 e. The number of rotatable bonds is 9. The number of unbranched alkanes of at least 4 members (excludes halogenated alkanes) is 1. The molecule has 1 aromatic rings. The molecule has 0 heterocycles. The standard InChI is InChI=1S/C16H22N2O4/c1-2-13(19)18-16(15(21)22,10-6-7-11-17)14(20)12-8-4-3-5-9-12/h3-5,8-9H,2,6-7,10-11,17H2,1H3,(H,18,19)(H,21,22)/t16-/m1/s1. The number of nitrogens with one attached hydrogen (secondary N) is 1. The summed E-state index contributed by atoms with van der Waals surface area (Å²) in [6.45, 7) is 2.01. The summed E-state index contributed by atoms with van der Waals surface area (Å²) in [4.78, 5) is 36.3. The molecule has 0 radical (unpaired) electrons. The van der Waals surface area contributed by atoms with E-state index in [9.17, 15) is 19.5 Å². The highest BCUT2D eigenvalue weighted by Gasteiger charge is 2.46. The first-order valence-corrected chi connectivity index (χ1v) is 7.32. The van der Waals surface area contributed by atoms with Gasteiger partial charge in [-0.25, -0.2) is 4.79 Å². The molecule has 1 aromatic carbocycles. The smallest absolute Gasteiger partial charge is 0.337 e. The molecule has 120 valence electrons. The molecule has 0 spiro atoms. The van der Waals surface area contributed by atoms with Crippen LogP contribution in [0.5, 0.6) is 0 Å². The molecular formula is C16H22N2O4. The van der Waals surface area contributed by atoms with Gasteiger partial charge in [-0.1, -0.05) is 37.3 Å². The van der Waals surface area contributed by atoms with Gasteiger partial charge in [-0.2, -0.15) is 0 Å². The fraction of sp³-hybridized carbons (Fsp3) is 0.438. The molecule has 1 amide bonds. The van der Waals surface area contributed by atoms with Crippen LogP contribution in [0.15, 0.2) is 30.3 Å². The lowest BCUT2D eigenvalue weighted by Gasteiger charge is -2.29. The van der Waals surface area contributed by atoms with Crippen molar-refractivity contribution in [2.24, 2.45) is 5.73 Å². The number of carboxylic acids is 1. The van der Waals surface area contributed by atoms with Crippen molar-refractivity contribution in [3.05, 3.63) is 35.9 Å². The Balaban J connectivity index is 3.19. The monoisotopic (exact) mass is 306 g/mol. The Morgan fingerprint density at radius 2 is 1.82 bits per heavy atom. The lowest BCUT2D eigenvalue weighted by molar-refractivity contribution is -0.145. The molecule has 0 unspecified atom stereocenters. The molecule has 6 heteroatoms. The predicted octanol–water partition coefficient (Wildman–Crippen LogP) is 1.35. The zero-order valence-electron chi connectivity index (χ0n) is 12.7. The van der Waals surface area contributed by atoms with E-state index in [1.54, 1.807) is 37.3 Å². The second-order valence-electron chi connectivity index (χ2n) is 5.05. The van der Waals surface area contributed by atoms with Gasteiger partial charge in [-0.05, 0) is 25.8 Å². The van der Waals surface area contributed by atoms with Crippen molar-refractivity contribution < 1.29 is 19.5 Å². The van der Waals surface area contributed by atoms with Crippen LogP contribution in [0.1, 0.15) is 43.0 Å². The van der Waals surface area contributed by atoms with E-state index >= 15 is 0 Å². The van der Waals surface area contributed by atoms with Crippen LogP contribution in [0.2, 0.25) is 0 Å². The van der Waals surface area contributed by atoms with E-state index in [2.05, 4.69) is 5.32 Å². The molecule has 0 saturated heterocycles. The number of amides is 1. The number of nitrogens with two attached hydrogens (primary N) is 1. The van der Waals surface area contributed by atoms with Crippen molar-refractivity contribution in [3.63, 3.8) is 0 Å². The molecule has 0 bridgehead atoms. The van der Waals surface area contributed by atoms with E-state index in [4.69, 9.17) is 5.73 Å². The fourth-order valence-electron chi connectivity index (χ4n) is 2.19. The van der Waals surface area contributed by atoms with Gasteiger partial charge in [0.15, 0.2) is 5.78 Å². The van der Waals surface area contributed by atoms with Gasteiger partial charge in [-0.15, -0.1) is 0 Å². The van der Waals surface area contributed by atoms with Gasteiger partial charge in [0.05, 0.1) is 0 Å². The maximum Gasteiger partial charge on any atom is 0.337 e. The summed E-state index contributed by atoms with van der Waals surface area (Å²) in [6, 6.07) is 8.13. The predicted molar refractivity (Wildman–Crippen MR) is 82.5 cm³/mol. The Labute approximate surface area is 129 Å². The highest BCUT2D eigenvalue weighted by molar-refractivity contribution is 6.17. The largest absolute Gasteiger partial charge is 0.479 e. The highest BCUT2D eigenvalue weighted by atomic mass is 16.4. The molecule has 4 N–H and O–H groups in total. The number of hydrogen-bond donors (Lipinski definition) is 3. The molecule has 0 aliphatic carbocycles. The van der Waals surface area contributed by atoms with Crippen molar-refractivity contribution in [1.82, 2.24) is 5.32 Å². The van der Waals surface area contributed by atoms with Crippen molar-refractivity contribution in [2.75, 3.05) is 6.54 Å². The van der Waals surface area contributed by atoms with Gasteiger partial charge in [0.1, 0.15) is 0 Å². The number of aliphatic carboxylic acids is 1. The summed E-state index contributed by atoms with van der Waals surface area (Å²) in [6.07, 6.45) is 1.14. The molecule has 6 nitrogen and oxygen atoms in total. The number of Topliss-reactive ketones (excluding diaryl/α,β-unsaturated/α-hetero) is 1. The number of ketones is 1. The highest BCUT2D eigenvalue weighted by Crippen LogP contribution is 2.21. The Bertz CT molecular complexity index is 530. The van der Waals surface area contributed by atoms with Gasteiger partial charge in [0, 0.05) is 12.0 Å². The quantitative estimate of drug-likeness (QED) is 0.362. The van der Waals surface area contributed by atoms with Crippen LogP contribution in [0.4, 0.5) is 0 Å². The molecular weight excluding hydrogens is 284 g/mol. The summed E-state index contributed by atoms with van der Waals surface area (Å²) >= 11 is 0. The molecule has 0 aliphatic rings. The van der Waals surface area contributed by atoms with Gasteiger partial charge in [-0.3, -0.25) is 9.59 Å². The SMILES string of the molecule is CCC(=O)N[C@@](CCCCN)(C(=O)O)C(=O)c1ccccc1. The van der Waals surface area contributed by atoms with Crippen LogP contribution in [0.3, 0.4) is 0 Å². The Kier molecular flexibility index (Phi) is 6.72. The van der Waals surface area contributed by atoms with Crippen LogP contribution in [-0.4, -0.2) is 34.8 Å². The number of carbonyl (C=O) groups excluding carboxylic acids is 2. The average Bonchev–Trinajstić information content (AvgIpc) is 2.53. The van der Waals surface area contributed by atoms with E-state index in [1.165, 1.54) is 0 Å². The number of carboxylic acid groups (broad SMARTS) is 1. The molecule has 22 heavy (non-hydrogen) atoms. The summed E-state index contributed by atoms with van der Waals surface area (Å²) in [7, 11) is 0. The van der Waals surface area contributed by atoms with E-state index in [0.29, 0.717) is 19.4 Å². The molecule has 1 atom stereocenters. The van der Waals surface area contributed by atoms with Crippen LogP contribution >= 0.6 is 0 Å². The molecule has 0 aromatic heterocycles. The average molecular weight is 306 g/mol. The first-order chi connectivity index (χ1) is 10.5. The molecule has 0 aliphatic heterocycles. The minimum atomic E-state index is -1.94. The third kappa shape index (κ3) is 4.14. The van der Waals surface area contributed by atoms with Gasteiger partial charge in [0.25, 0.3) is 0 Å². The van der Waals surface area contributed by atoms with Crippen molar-refractivity contribution >= 4 is 17.7 Å². The van der Waals surface area contributed by atoms with Crippen LogP contribution in [-0.2, 0) is 9.59 Å². The zero-order chi connectivity index (χ0) is 16.6. The third-order valence-electron chi connectivity index (χ3n) is 3.47. The first kappa shape index (κ1) is 17.8. The maximum absolute atomic E-state index is 12.7. The Morgan fingerprint density at radius 3 is 2.32 bits per heavy atom. The van der Waals surface area contributed by atoms with Crippen molar-refractivity contribution in [1.29, 1.82) is 0 Å². The van der Waals surface area contributed by atoms with Crippen LogP contribution in [0.25, 0.3) is 0 Å². The molecule has 0 fully saturated rings. The minimum absolute atomic E-state index is 0.0129. The fourth-order valence-corrected chi connectivity index (χ4v) is 2.19. The topological polar surface area (TPSA) is 109 Å². The Hall–Kier alpha value is -2.21. The van der Waals surface area contributed by atoms with E-state index in [-0.39, 0.29) is 18.4 Å². The second kappa shape index (κ2) is 8.29. The van der Waals surface area contributed by atoms with E-state index < -0.39 is 23.2 Å². The summed E-state index contributed by atoms with van der Waals surface area (Å²) in [5, 5.41) is 12.0. The summed E-state index contributed by atoms with van der Waals surface area (Å²) < 4.78 is 0. The first-order valence-electron chi connectivity index (χ1n) is 7.32. The number of benzene rings is 1. The Morgan fingerprint density at radius 1 is 1.18 bits per heavy atom. The lowest BCUT2D eigenvalue weighted by Crippen LogP contribution is -2.60. The van der Waals surface area contributed by atoms with Crippen LogP contribution in [0, 0.1) is 0 Å². The normalized spacial score (nSPS) is 13.2. The van der Waals surface area contributed by atoms with E-state index in [1.807, 2.05) is 0 Å². The zero-order valence-corrected chi connectivity index (χ0v) is 12.7. The van der Waals surface area contributed by atoms with Gasteiger partial charge < -0.3 is 16.2 Å². The van der Waals surface area contributed by atoms with Crippen molar-refractivity contribution in [3.8, 4) is 0 Å². The van der Waals surface area contributed by atoms with Crippen molar-refractivity contribution in [2.45, 2.75) is 38.1 Å². The molecule has 1 rings (SSSR count). The lowest BCUT2D eigenvalue weighted by atomic mass is 9.84.